The number of amides is 3. The Morgan fingerprint density at radius 2 is 1.78 bits per heavy atom. The quantitative estimate of drug-likeness (QED) is 0.208. The van der Waals surface area contributed by atoms with Gasteiger partial charge in [0.15, 0.2) is 0 Å². The molecular formula is C35H45N7O8S. The molecule has 15 nitrogen and oxygen atoms in total. The predicted octanol–water partition coefficient (Wildman–Crippen LogP) is 2.78. The Morgan fingerprint density at radius 1 is 1.02 bits per heavy atom. The van der Waals surface area contributed by atoms with Gasteiger partial charge in [0.2, 0.25) is 21.8 Å². The van der Waals surface area contributed by atoms with E-state index < -0.39 is 52.0 Å². The molecule has 2 fully saturated rings. The summed E-state index contributed by atoms with van der Waals surface area (Å²) in [6.07, 6.45) is 5.83. The molecule has 16 heteroatoms. The average Bonchev–Trinajstić information content (AvgIpc) is 3.93. The Balaban J connectivity index is 1.26. The van der Waals surface area contributed by atoms with Gasteiger partial charge in [0, 0.05) is 51.2 Å². The molecular weight excluding hydrogens is 678 g/mol. The summed E-state index contributed by atoms with van der Waals surface area (Å²) in [6.45, 7) is 6.52. The van der Waals surface area contributed by atoms with Crippen molar-refractivity contribution in [2.75, 3.05) is 32.7 Å². The number of hydrogen-bond donors (Lipinski definition) is 3. The zero-order chi connectivity index (χ0) is 36.6. The van der Waals surface area contributed by atoms with Crippen molar-refractivity contribution < 1.29 is 37.2 Å². The molecule has 5 rings (SSSR count). The van der Waals surface area contributed by atoms with E-state index in [1.54, 1.807) is 39.0 Å². The number of benzene rings is 2. The Labute approximate surface area is 297 Å². The Bertz CT molecular complexity index is 1820. The first-order valence-corrected chi connectivity index (χ1v) is 18.5. The van der Waals surface area contributed by atoms with Crippen LogP contribution in [0.2, 0.25) is 0 Å². The minimum atomic E-state index is -4.25. The van der Waals surface area contributed by atoms with Crippen LogP contribution in [0.5, 0.6) is 0 Å². The number of fused-ring (bicyclic) bond motifs is 1. The van der Waals surface area contributed by atoms with Crippen molar-refractivity contribution in [3.05, 3.63) is 66.7 Å². The van der Waals surface area contributed by atoms with Crippen LogP contribution in [0.25, 0.3) is 10.8 Å². The number of piperidine rings is 1. The summed E-state index contributed by atoms with van der Waals surface area (Å²) in [5.74, 6) is -1.61. The van der Waals surface area contributed by atoms with Crippen molar-refractivity contribution in [2.45, 2.75) is 75.5 Å². The number of hydroxylamine groups is 2. The lowest BCUT2D eigenvalue weighted by Crippen LogP contribution is -2.52. The van der Waals surface area contributed by atoms with E-state index in [0.29, 0.717) is 31.3 Å². The second kappa shape index (κ2) is 16.6. The highest BCUT2D eigenvalue weighted by Gasteiger charge is 2.38. The van der Waals surface area contributed by atoms with Crippen LogP contribution in [-0.4, -0.2) is 103 Å². The topological polar surface area (TPSA) is 189 Å². The number of nitrogens with zero attached hydrogens (tertiary/aromatic N) is 4. The van der Waals surface area contributed by atoms with Gasteiger partial charge in [-0.2, -0.15) is 4.72 Å². The van der Waals surface area contributed by atoms with Gasteiger partial charge in [0.25, 0.3) is 5.91 Å². The second-order valence-corrected chi connectivity index (χ2v) is 15.5. The summed E-state index contributed by atoms with van der Waals surface area (Å²) < 4.78 is 35.2. The van der Waals surface area contributed by atoms with Crippen molar-refractivity contribution in [3.8, 4) is 0 Å². The molecule has 51 heavy (non-hydrogen) atoms. The maximum Gasteiger partial charge on any atom is 0.528 e. The molecule has 2 aromatic carbocycles. The second-order valence-electron chi connectivity index (χ2n) is 13.8. The van der Waals surface area contributed by atoms with Crippen molar-refractivity contribution >= 4 is 44.7 Å². The van der Waals surface area contributed by atoms with E-state index in [-0.39, 0.29) is 42.2 Å². The zero-order valence-corrected chi connectivity index (χ0v) is 29.9. The summed E-state index contributed by atoms with van der Waals surface area (Å²) in [7, 11) is -4.25. The minimum Gasteiger partial charge on any atom is -0.427 e. The standard InChI is InChI=1S/C35H45N7O8S/c1-35(2,3)49-34(46)50-41-17-6-7-24(23-41)21-39-31(43)20-29(40-51(47,48)28-13-10-25-8-4-5-9-26(25)19-28)33(45)42(27-11-12-27)18-16-38-32(44)30-22-36-14-15-37-30/h4-5,8-10,13-15,19,22,24,27,29,40H,6-7,11-12,16-18,20-21,23H2,1-3H3,(H,38,44)(H,39,43)/t24-,29-/m0/s1. The summed E-state index contributed by atoms with van der Waals surface area (Å²) in [4.78, 5) is 66.9. The van der Waals surface area contributed by atoms with Crippen LogP contribution in [0.3, 0.4) is 0 Å². The summed E-state index contributed by atoms with van der Waals surface area (Å²) >= 11 is 0. The lowest BCUT2D eigenvalue weighted by Gasteiger charge is -2.32. The molecule has 2 aliphatic rings. The largest absolute Gasteiger partial charge is 0.528 e. The molecule has 1 saturated heterocycles. The molecule has 0 unspecified atom stereocenters. The molecule has 1 aromatic heterocycles. The van der Waals surface area contributed by atoms with Gasteiger partial charge in [-0.3, -0.25) is 19.4 Å². The SMILES string of the molecule is CC(C)(C)OC(=O)ON1CCC[C@@H](CNC(=O)C[C@H](NS(=O)(=O)c2ccc3ccccc3c2)C(=O)N(CCNC(=O)c2cnccn2)C2CC2)C1. The number of sulfonamides is 1. The third kappa shape index (κ3) is 11.2. The van der Waals surface area contributed by atoms with Crippen LogP contribution >= 0.6 is 0 Å². The zero-order valence-electron chi connectivity index (χ0n) is 29.0. The van der Waals surface area contributed by atoms with E-state index in [4.69, 9.17) is 9.57 Å². The average molecular weight is 724 g/mol. The molecule has 3 N–H and O–H groups in total. The Hall–Kier alpha value is -4.67. The molecule has 3 aromatic rings. The fourth-order valence-electron chi connectivity index (χ4n) is 5.79. The smallest absolute Gasteiger partial charge is 0.427 e. The Morgan fingerprint density at radius 3 is 2.49 bits per heavy atom. The van der Waals surface area contributed by atoms with Gasteiger partial charge in [0.1, 0.15) is 17.3 Å². The number of carbonyl (C=O) groups excluding carboxylic acids is 4. The van der Waals surface area contributed by atoms with E-state index in [9.17, 15) is 27.6 Å². The first-order chi connectivity index (χ1) is 24.3. The van der Waals surface area contributed by atoms with Crippen LogP contribution in [0, 0.1) is 5.92 Å². The van der Waals surface area contributed by atoms with Gasteiger partial charge in [-0.15, -0.1) is 5.06 Å². The van der Waals surface area contributed by atoms with Gasteiger partial charge < -0.3 is 25.1 Å². The normalized spacial score (nSPS) is 17.3. The molecule has 0 bridgehead atoms. The van der Waals surface area contributed by atoms with Crippen LogP contribution in [0.15, 0.2) is 66.0 Å². The van der Waals surface area contributed by atoms with Crippen molar-refractivity contribution in [2.24, 2.45) is 5.92 Å². The molecule has 2 heterocycles. The number of rotatable bonds is 14. The molecule has 1 aliphatic heterocycles. The lowest BCUT2D eigenvalue weighted by molar-refractivity contribution is -0.159. The lowest BCUT2D eigenvalue weighted by atomic mass is 9.99. The predicted molar refractivity (Wildman–Crippen MR) is 186 cm³/mol. The van der Waals surface area contributed by atoms with E-state index >= 15 is 0 Å². The molecule has 3 amide bonds. The monoisotopic (exact) mass is 723 g/mol. The van der Waals surface area contributed by atoms with E-state index in [2.05, 4.69) is 25.3 Å². The van der Waals surface area contributed by atoms with Gasteiger partial charge in [-0.05, 0) is 75.3 Å². The van der Waals surface area contributed by atoms with Crippen molar-refractivity contribution in [3.63, 3.8) is 0 Å². The van der Waals surface area contributed by atoms with E-state index in [1.165, 1.54) is 40.7 Å². The first kappa shape index (κ1) is 37.6. The van der Waals surface area contributed by atoms with Gasteiger partial charge >= 0.3 is 6.16 Å². The molecule has 2 atom stereocenters. The van der Waals surface area contributed by atoms with Gasteiger partial charge in [0.05, 0.1) is 17.5 Å². The highest BCUT2D eigenvalue weighted by atomic mass is 32.2. The fraction of sp³-hybridized carbons (Fsp3) is 0.486. The highest BCUT2D eigenvalue weighted by molar-refractivity contribution is 7.89. The summed E-state index contributed by atoms with van der Waals surface area (Å²) in [5.41, 5.74) is -0.582. The molecule has 1 saturated carbocycles. The summed E-state index contributed by atoms with van der Waals surface area (Å²) in [5, 5.41) is 8.64. The van der Waals surface area contributed by atoms with Crippen LogP contribution < -0.4 is 15.4 Å². The van der Waals surface area contributed by atoms with E-state index in [1.807, 2.05) is 12.1 Å². The van der Waals surface area contributed by atoms with Crippen molar-refractivity contribution in [1.29, 1.82) is 0 Å². The third-order valence-electron chi connectivity index (χ3n) is 8.38. The first-order valence-electron chi connectivity index (χ1n) is 17.1. The summed E-state index contributed by atoms with van der Waals surface area (Å²) in [6, 6.07) is 10.4. The van der Waals surface area contributed by atoms with Crippen molar-refractivity contribution in [1.82, 2.24) is 35.3 Å². The van der Waals surface area contributed by atoms with Gasteiger partial charge in [-0.25, -0.2) is 18.2 Å². The van der Waals surface area contributed by atoms with Gasteiger partial charge in [-0.1, -0.05) is 30.3 Å². The van der Waals surface area contributed by atoms with Crippen LogP contribution in [0.1, 0.15) is 63.4 Å². The number of hydrogen-bond acceptors (Lipinski definition) is 11. The molecule has 274 valence electrons. The van der Waals surface area contributed by atoms with Crippen LogP contribution in [-0.2, 0) is 29.2 Å². The van der Waals surface area contributed by atoms with Crippen LogP contribution in [0.4, 0.5) is 4.79 Å². The third-order valence-corrected chi connectivity index (χ3v) is 9.85. The Kier molecular flexibility index (Phi) is 12.2. The number of carbonyl (C=O) groups is 4. The number of nitrogens with one attached hydrogen (secondary N) is 3. The van der Waals surface area contributed by atoms with E-state index in [0.717, 1.165) is 18.2 Å². The number of aromatic nitrogens is 2. The minimum absolute atomic E-state index is 0.0408. The highest BCUT2D eigenvalue weighted by Crippen LogP contribution is 2.28. The fourth-order valence-corrected chi connectivity index (χ4v) is 7.02. The maximum absolute atomic E-state index is 14.1. The molecule has 1 aliphatic carbocycles. The maximum atomic E-state index is 14.1. The molecule has 0 radical (unpaired) electrons. The molecule has 0 spiro atoms. The number of ether oxygens (including phenoxy) is 1.